The molecule has 4 heteroatoms. The molecule has 0 radical (unpaired) electrons. The van der Waals surface area contributed by atoms with Crippen LogP contribution in [-0.2, 0) is 4.74 Å². The lowest BCUT2D eigenvalue weighted by molar-refractivity contribution is 0.0345. The topological polar surface area (TPSA) is 41.5 Å². The SMILES string of the molecule is CC(C)CCCOCC(O)CNCC1CCSC1. The van der Waals surface area contributed by atoms with E-state index < -0.39 is 0 Å². The van der Waals surface area contributed by atoms with E-state index in [-0.39, 0.29) is 6.10 Å². The minimum Gasteiger partial charge on any atom is -0.389 e. The molecule has 3 nitrogen and oxygen atoms in total. The van der Waals surface area contributed by atoms with Crippen molar-refractivity contribution in [3.63, 3.8) is 0 Å². The Kier molecular flexibility index (Phi) is 9.11. The van der Waals surface area contributed by atoms with E-state index in [4.69, 9.17) is 4.74 Å². The molecule has 2 N–H and O–H groups in total. The maximum Gasteiger partial charge on any atom is 0.0897 e. The first kappa shape index (κ1) is 16.3. The van der Waals surface area contributed by atoms with Gasteiger partial charge in [0, 0.05) is 13.2 Å². The Labute approximate surface area is 116 Å². The second kappa shape index (κ2) is 10.1. The number of hydrogen-bond acceptors (Lipinski definition) is 4. The van der Waals surface area contributed by atoms with Crippen LogP contribution in [0.4, 0.5) is 0 Å². The molecule has 18 heavy (non-hydrogen) atoms. The molecular formula is C14H29NO2S. The van der Waals surface area contributed by atoms with Gasteiger partial charge in [-0.2, -0.15) is 11.8 Å². The van der Waals surface area contributed by atoms with Crippen molar-refractivity contribution in [2.24, 2.45) is 11.8 Å². The molecule has 0 aromatic rings. The minimum atomic E-state index is -0.363. The van der Waals surface area contributed by atoms with Crippen molar-refractivity contribution >= 4 is 11.8 Å². The summed E-state index contributed by atoms with van der Waals surface area (Å²) in [4.78, 5) is 0. The van der Waals surface area contributed by atoms with Gasteiger partial charge < -0.3 is 15.2 Å². The van der Waals surface area contributed by atoms with E-state index >= 15 is 0 Å². The summed E-state index contributed by atoms with van der Waals surface area (Å²) in [5.41, 5.74) is 0. The average molecular weight is 275 g/mol. The van der Waals surface area contributed by atoms with E-state index in [1.165, 1.54) is 24.3 Å². The molecule has 2 atom stereocenters. The van der Waals surface area contributed by atoms with Gasteiger partial charge in [0.1, 0.15) is 0 Å². The molecule has 1 rings (SSSR count). The summed E-state index contributed by atoms with van der Waals surface area (Å²) in [5.74, 6) is 4.11. The van der Waals surface area contributed by atoms with Gasteiger partial charge in [-0.05, 0) is 49.1 Å². The third-order valence-corrected chi connectivity index (χ3v) is 4.45. The van der Waals surface area contributed by atoms with Gasteiger partial charge in [0.05, 0.1) is 12.7 Å². The standard InChI is InChI=1S/C14H29NO2S/c1-12(2)4-3-6-17-10-14(16)9-15-8-13-5-7-18-11-13/h12-16H,3-11H2,1-2H3. The molecule has 0 amide bonds. The van der Waals surface area contributed by atoms with Crippen LogP contribution in [-0.4, -0.2) is 49.0 Å². The van der Waals surface area contributed by atoms with Gasteiger partial charge in [-0.3, -0.25) is 0 Å². The molecular weight excluding hydrogens is 246 g/mol. The predicted octanol–water partition coefficient (Wildman–Crippen LogP) is 2.14. The van der Waals surface area contributed by atoms with E-state index in [1.54, 1.807) is 0 Å². The van der Waals surface area contributed by atoms with Gasteiger partial charge in [0.25, 0.3) is 0 Å². The highest BCUT2D eigenvalue weighted by Gasteiger charge is 2.15. The van der Waals surface area contributed by atoms with Crippen LogP contribution in [0.25, 0.3) is 0 Å². The number of thioether (sulfide) groups is 1. The minimum absolute atomic E-state index is 0.363. The van der Waals surface area contributed by atoms with Crippen LogP contribution in [0.15, 0.2) is 0 Å². The second-order valence-corrected chi connectivity index (χ2v) is 6.80. The van der Waals surface area contributed by atoms with Crippen LogP contribution in [0.1, 0.15) is 33.1 Å². The smallest absolute Gasteiger partial charge is 0.0897 e. The molecule has 1 aliphatic heterocycles. The normalized spacial score (nSPS) is 21.7. The zero-order valence-electron chi connectivity index (χ0n) is 11.9. The Bertz CT molecular complexity index is 196. The third kappa shape index (κ3) is 8.35. The monoisotopic (exact) mass is 275 g/mol. The van der Waals surface area contributed by atoms with E-state index in [9.17, 15) is 5.11 Å². The summed E-state index contributed by atoms with van der Waals surface area (Å²) >= 11 is 2.04. The zero-order valence-corrected chi connectivity index (χ0v) is 12.7. The van der Waals surface area contributed by atoms with Crippen molar-refractivity contribution in [3.05, 3.63) is 0 Å². The lowest BCUT2D eigenvalue weighted by atomic mass is 10.1. The highest BCUT2D eigenvalue weighted by molar-refractivity contribution is 7.99. The van der Waals surface area contributed by atoms with Crippen LogP contribution in [0.2, 0.25) is 0 Å². The molecule has 1 heterocycles. The Morgan fingerprint density at radius 3 is 2.94 bits per heavy atom. The quantitative estimate of drug-likeness (QED) is 0.599. The summed E-state index contributed by atoms with van der Waals surface area (Å²) in [6.45, 7) is 7.38. The number of ether oxygens (including phenoxy) is 1. The van der Waals surface area contributed by atoms with Gasteiger partial charge in [-0.1, -0.05) is 13.8 Å². The molecule has 0 bridgehead atoms. The van der Waals surface area contributed by atoms with Crippen molar-refractivity contribution in [3.8, 4) is 0 Å². The molecule has 1 aliphatic rings. The fraction of sp³-hybridized carbons (Fsp3) is 1.00. The Morgan fingerprint density at radius 2 is 2.28 bits per heavy atom. The van der Waals surface area contributed by atoms with Gasteiger partial charge in [-0.15, -0.1) is 0 Å². The number of aliphatic hydroxyl groups is 1. The zero-order chi connectivity index (χ0) is 13.2. The fourth-order valence-electron chi connectivity index (χ4n) is 2.07. The van der Waals surface area contributed by atoms with E-state index in [0.29, 0.717) is 13.2 Å². The largest absolute Gasteiger partial charge is 0.389 e. The van der Waals surface area contributed by atoms with E-state index in [2.05, 4.69) is 19.2 Å². The molecule has 108 valence electrons. The first-order chi connectivity index (χ1) is 8.68. The summed E-state index contributed by atoms with van der Waals surface area (Å²) in [6.07, 6.45) is 3.25. The number of rotatable bonds is 10. The first-order valence-electron chi connectivity index (χ1n) is 7.22. The van der Waals surface area contributed by atoms with Crippen molar-refractivity contribution in [2.45, 2.75) is 39.2 Å². The van der Waals surface area contributed by atoms with Gasteiger partial charge in [0.15, 0.2) is 0 Å². The lowest BCUT2D eigenvalue weighted by Gasteiger charge is -2.14. The molecule has 0 saturated carbocycles. The number of hydrogen-bond donors (Lipinski definition) is 2. The molecule has 0 aromatic heterocycles. The third-order valence-electron chi connectivity index (χ3n) is 3.22. The summed E-state index contributed by atoms with van der Waals surface area (Å²) in [5, 5.41) is 13.1. The summed E-state index contributed by atoms with van der Waals surface area (Å²) < 4.78 is 5.47. The molecule has 0 aromatic carbocycles. The average Bonchev–Trinajstić information content (AvgIpc) is 2.81. The van der Waals surface area contributed by atoms with Crippen molar-refractivity contribution in [1.82, 2.24) is 5.32 Å². The van der Waals surface area contributed by atoms with Crippen molar-refractivity contribution in [1.29, 1.82) is 0 Å². The molecule has 0 aliphatic carbocycles. The van der Waals surface area contributed by atoms with Crippen LogP contribution in [0, 0.1) is 11.8 Å². The van der Waals surface area contributed by atoms with Crippen LogP contribution >= 0.6 is 11.8 Å². The number of nitrogens with one attached hydrogen (secondary N) is 1. The molecule has 1 fully saturated rings. The fourth-order valence-corrected chi connectivity index (χ4v) is 3.35. The van der Waals surface area contributed by atoms with Gasteiger partial charge in [-0.25, -0.2) is 0 Å². The lowest BCUT2D eigenvalue weighted by Crippen LogP contribution is -2.33. The predicted molar refractivity (Wildman–Crippen MR) is 79.2 cm³/mol. The van der Waals surface area contributed by atoms with E-state index in [0.717, 1.165) is 31.4 Å². The molecule has 0 spiro atoms. The highest BCUT2D eigenvalue weighted by atomic mass is 32.2. The molecule has 2 unspecified atom stereocenters. The van der Waals surface area contributed by atoms with Gasteiger partial charge in [0.2, 0.25) is 0 Å². The summed E-state index contributed by atoms with van der Waals surface area (Å²) in [7, 11) is 0. The first-order valence-corrected chi connectivity index (χ1v) is 8.38. The summed E-state index contributed by atoms with van der Waals surface area (Å²) in [6, 6.07) is 0. The van der Waals surface area contributed by atoms with Crippen LogP contribution in [0.5, 0.6) is 0 Å². The molecule has 1 saturated heterocycles. The highest BCUT2D eigenvalue weighted by Crippen LogP contribution is 2.22. The maximum absolute atomic E-state index is 9.74. The maximum atomic E-state index is 9.74. The van der Waals surface area contributed by atoms with Crippen molar-refractivity contribution < 1.29 is 9.84 Å². The van der Waals surface area contributed by atoms with E-state index in [1.807, 2.05) is 11.8 Å². The Balaban J connectivity index is 1.85. The van der Waals surface area contributed by atoms with Gasteiger partial charge >= 0.3 is 0 Å². The van der Waals surface area contributed by atoms with Crippen LogP contribution < -0.4 is 5.32 Å². The number of aliphatic hydroxyl groups excluding tert-OH is 1. The Morgan fingerprint density at radius 1 is 1.44 bits per heavy atom. The second-order valence-electron chi connectivity index (χ2n) is 5.65. The van der Waals surface area contributed by atoms with Crippen LogP contribution in [0.3, 0.4) is 0 Å². The Hall–Kier alpha value is 0.230. The van der Waals surface area contributed by atoms with Crippen molar-refractivity contribution in [2.75, 3.05) is 37.8 Å².